The van der Waals surface area contributed by atoms with Crippen molar-refractivity contribution in [2.75, 3.05) is 17.2 Å². The minimum atomic E-state index is -0.335. The molecule has 0 saturated carbocycles. The van der Waals surface area contributed by atoms with Gasteiger partial charge in [0.2, 0.25) is 5.91 Å². The van der Waals surface area contributed by atoms with E-state index < -0.39 is 0 Å². The lowest BCUT2D eigenvalue weighted by molar-refractivity contribution is -0.116. The largest absolute Gasteiger partial charge is 0.384 e. The Balaban J connectivity index is 1.68. The highest BCUT2D eigenvalue weighted by atomic mass is 19.1. The first-order valence-electron chi connectivity index (χ1n) is 7.01. The number of nitrogens with one attached hydrogen (secondary N) is 2. The van der Waals surface area contributed by atoms with Gasteiger partial charge < -0.3 is 10.6 Å². The fourth-order valence-electron chi connectivity index (χ4n) is 2.78. The number of halogens is 1. The molecule has 3 rings (SSSR count). The van der Waals surface area contributed by atoms with Gasteiger partial charge in [-0.2, -0.15) is 0 Å². The Morgan fingerprint density at radius 2 is 2.14 bits per heavy atom. The van der Waals surface area contributed by atoms with Gasteiger partial charge in [0.15, 0.2) is 0 Å². The van der Waals surface area contributed by atoms with E-state index in [1.54, 1.807) is 13.0 Å². The number of hydrogen-bond acceptors (Lipinski definition) is 2. The predicted octanol–water partition coefficient (Wildman–Crippen LogP) is 3.67. The number of para-hydroxylation sites is 1. The van der Waals surface area contributed by atoms with Crippen LogP contribution >= 0.6 is 0 Å². The molecular formula is C17H17FN2O. The van der Waals surface area contributed by atoms with Crippen LogP contribution in [0.15, 0.2) is 42.5 Å². The van der Waals surface area contributed by atoms with Gasteiger partial charge >= 0.3 is 0 Å². The second-order valence-corrected chi connectivity index (χ2v) is 5.43. The number of hydrogen-bond donors (Lipinski definition) is 2. The average Bonchev–Trinajstić information content (AvgIpc) is 2.81. The zero-order chi connectivity index (χ0) is 14.8. The summed E-state index contributed by atoms with van der Waals surface area (Å²) in [6.45, 7) is 2.56. The molecule has 0 aliphatic carbocycles. The monoisotopic (exact) mass is 284 g/mol. The van der Waals surface area contributed by atoms with Crippen LogP contribution in [0, 0.1) is 12.7 Å². The third kappa shape index (κ3) is 3.05. The second kappa shape index (κ2) is 5.56. The van der Waals surface area contributed by atoms with E-state index in [9.17, 15) is 9.18 Å². The van der Waals surface area contributed by atoms with Crippen molar-refractivity contribution in [3.63, 3.8) is 0 Å². The fourth-order valence-corrected chi connectivity index (χ4v) is 2.78. The molecule has 2 aromatic carbocycles. The van der Waals surface area contributed by atoms with Crippen molar-refractivity contribution in [2.24, 2.45) is 0 Å². The molecule has 2 N–H and O–H groups in total. The van der Waals surface area contributed by atoms with Crippen LogP contribution in [0.3, 0.4) is 0 Å². The topological polar surface area (TPSA) is 41.1 Å². The SMILES string of the molecule is Cc1cc(F)cc(NC(=O)CC2CNc3ccccc32)c1. The van der Waals surface area contributed by atoms with Crippen LogP contribution in [-0.4, -0.2) is 12.5 Å². The van der Waals surface area contributed by atoms with Crippen LogP contribution in [0.4, 0.5) is 15.8 Å². The highest BCUT2D eigenvalue weighted by Gasteiger charge is 2.23. The highest BCUT2D eigenvalue weighted by Crippen LogP contribution is 2.33. The molecule has 21 heavy (non-hydrogen) atoms. The Morgan fingerprint density at radius 1 is 1.33 bits per heavy atom. The Bertz CT molecular complexity index is 664. The fraction of sp³-hybridized carbons (Fsp3) is 0.235. The molecule has 0 bridgehead atoms. The summed E-state index contributed by atoms with van der Waals surface area (Å²) >= 11 is 0. The van der Waals surface area contributed by atoms with E-state index in [1.165, 1.54) is 17.7 Å². The van der Waals surface area contributed by atoms with Crippen molar-refractivity contribution in [2.45, 2.75) is 19.3 Å². The van der Waals surface area contributed by atoms with Crippen molar-refractivity contribution in [3.8, 4) is 0 Å². The maximum atomic E-state index is 13.3. The first kappa shape index (κ1) is 13.6. The average molecular weight is 284 g/mol. The molecule has 108 valence electrons. The summed E-state index contributed by atoms with van der Waals surface area (Å²) in [5.41, 5.74) is 3.56. The van der Waals surface area contributed by atoms with Crippen LogP contribution in [0.25, 0.3) is 0 Å². The predicted molar refractivity (Wildman–Crippen MR) is 82.1 cm³/mol. The van der Waals surface area contributed by atoms with Crippen LogP contribution in [-0.2, 0) is 4.79 Å². The quantitative estimate of drug-likeness (QED) is 0.903. The zero-order valence-corrected chi connectivity index (χ0v) is 11.8. The molecule has 0 radical (unpaired) electrons. The maximum absolute atomic E-state index is 13.3. The van der Waals surface area contributed by atoms with Crippen molar-refractivity contribution in [1.82, 2.24) is 0 Å². The first-order valence-corrected chi connectivity index (χ1v) is 7.01. The normalized spacial score (nSPS) is 16.2. The van der Waals surface area contributed by atoms with Crippen LogP contribution in [0.2, 0.25) is 0 Å². The molecule has 4 heteroatoms. The number of rotatable bonds is 3. The maximum Gasteiger partial charge on any atom is 0.225 e. The molecule has 1 amide bonds. The van der Waals surface area contributed by atoms with Gasteiger partial charge in [-0.25, -0.2) is 4.39 Å². The van der Waals surface area contributed by atoms with Gasteiger partial charge in [0.1, 0.15) is 5.82 Å². The smallest absolute Gasteiger partial charge is 0.225 e. The van der Waals surface area contributed by atoms with Gasteiger partial charge in [0.25, 0.3) is 0 Å². The number of fused-ring (bicyclic) bond motifs is 1. The molecule has 1 heterocycles. The third-order valence-corrected chi connectivity index (χ3v) is 3.70. The summed E-state index contributed by atoms with van der Waals surface area (Å²) in [7, 11) is 0. The van der Waals surface area contributed by atoms with Crippen LogP contribution in [0.5, 0.6) is 0 Å². The second-order valence-electron chi connectivity index (χ2n) is 5.43. The molecular weight excluding hydrogens is 267 g/mol. The molecule has 0 aromatic heterocycles. The van der Waals surface area contributed by atoms with E-state index in [2.05, 4.69) is 10.6 Å². The molecule has 0 fully saturated rings. The van der Waals surface area contributed by atoms with Gasteiger partial charge in [-0.1, -0.05) is 18.2 Å². The lowest BCUT2D eigenvalue weighted by Crippen LogP contribution is -2.16. The van der Waals surface area contributed by atoms with Crippen LogP contribution in [0.1, 0.15) is 23.5 Å². The third-order valence-electron chi connectivity index (χ3n) is 3.70. The molecule has 1 unspecified atom stereocenters. The molecule has 0 spiro atoms. The summed E-state index contributed by atoms with van der Waals surface area (Å²) < 4.78 is 13.3. The van der Waals surface area contributed by atoms with Crippen molar-refractivity contribution in [3.05, 3.63) is 59.4 Å². The standard InChI is InChI=1S/C17H17FN2O/c1-11-6-13(18)9-14(7-11)20-17(21)8-12-10-19-16-5-3-2-4-15(12)16/h2-7,9,12,19H,8,10H2,1H3,(H,20,21). The highest BCUT2D eigenvalue weighted by molar-refractivity contribution is 5.91. The van der Waals surface area contributed by atoms with Gasteiger partial charge in [0, 0.05) is 30.3 Å². The van der Waals surface area contributed by atoms with E-state index >= 15 is 0 Å². The van der Waals surface area contributed by atoms with Crippen LogP contribution < -0.4 is 10.6 Å². The molecule has 1 aliphatic rings. The minimum Gasteiger partial charge on any atom is -0.384 e. The van der Waals surface area contributed by atoms with Crippen molar-refractivity contribution >= 4 is 17.3 Å². The molecule has 1 aliphatic heterocycles. The summed E-state index contributed by atoms with van der Waals surface area (Å²) in [5.74, 6) is -0.266. The molecule has 1 atom stereocenters. The Labute approximate surface area is 123 Å². The van der Waals surface area contributed by atoms with Crippen molar-refractivity contribution < 1.29 is 9.18 Å². The Morgan fingerprint density at radius 3 is 2.95 bits per heavy atom. The van der Waals surface area contributed by atoms with Gasteiger partial charge in [0.05, 0.1) is 0 Å². The molecule has 3 nitrogen and oxygen atoms in total. The zero-order valence-electron chi connectivity index (χ0n) is 11.8. The lowest BCUT2D eigenvalue weighted by Gasteiger charge is -2.11. The van der Waals surface area contributed by atoms with Gasteiger partial charge in [-0.05, 0) is 42.3 Å². The summed E-state index contributed by atoms with van der Waals surface area (Å²) in [4.78, 5) is 12.1. The minimum absolute atomic E-state index is 0.0940. The van der Waals surface area contributed by atoms with E-state index in [1.807, 2.05) is 24.3 Å². The first-order chi connectivity index (χ1) is 10.1. The molecule has 0 saturated heterocycles. The number of carbonyl (C=O) groups excluding carboxylic acids is 1. The van der Waals surface area contributed by atoms with Gasteiger partial charge in [-0.3, -0.25) is 4.79 Å². The van der Waals surface area contributed by atoms with E-state index in [0.717, 1.165) is 17.8 Å². The van der Waals surface area contributed by atoms with E-state index in [0.29, 0.717) is 12.1 Å². The number of benzene rings is 2. The Hall–Kier alpha value is -2.36. The van der Waals surface area contributed by atoms with E-state index in [-0.39, 0.29) is 17.6 Å². The lowest BCUT2D eigenvalue weighted by atomic mass is 9.97. The van der Waals surface area contributed by atoms with Crippen molar-refractivity contribution in [1.29, 1.82) is 0 Å². The summed E-state index contributed by atoms with van der Waals surface area (Å²) in [5, 5.41) is 6.07. The number of amides is 1. The number of anilines is 2. The number of carbonyl (C=O) groups is 1. The van der Waals surface area contributed by atoms with E-state index in [4.69, 9.17) is 0 Å². The summed E-state index contributed by atoms with van der Waals surface area (Å²) in [6.07, 6.45) is 0.388. The number of aryl methyl sites for hydroxylation is 1. The molecule has 2 aromatic rings. The summed E-state index contributed by atoms with van der Waals surface area (Å²) in [6, 6.07) is 12.6. The van der Waals surface area contributed by atoms with Gasteiger partial charge in [-0.15, -0.1) is 0 Å². The Kier molecular flexibility index (Phi) is 3.60.